The Hall–Kier alpha value is -5.99. The maximum atomic E-state index is 14.7. The SMILES string of the molecule is CCCCC(CC)[C@H](NC(=O)c1cc(-c2cc(C(=O)NCc3cccc(-c4ccccc4)c3)nc(C(=O)N3CCC[C@H]3CN3CCCC3)c2)cc(C(=O)N2CCC[C@H]2CN2CCCC2)n1)C(=O)O. The van der Waals surface area contributed by atoms with Crippen molar-refractivity contribution in [2.75, 3.05) is 52.4 Å². The number of nitrogens with one attached hydrogen (secondary N) is 2. The molecule has 0 bridgehead atoms. The van der Waals surface area contributed by atoms with Gasteiger partial charge in [0.05, 0.1) is 0 Å². The fourth-order valence-corrected chi connectivity index (χ4v) is 10.7. The predicted molar refractivity (Wildman–Crippen MR) is 262 cm³/mol. The summed E-state index contributed by atoms with van der Waals surface area (Å²) in [6.45, 7) is 10.8. The predicted octanol–water partition coefficient (Wildman–Crippen LogP) is 7.54. The summed E-state index contributed by atoms with van der Waals surface area (Å²) in [5.74, 6) is -3.28. The molecule has 2 aromatic heterocycles. The van der Waals surface area contributed by atoms with E-state index < -0.39 is 23.8 Å². The summed E-state index contributed by atoms with van der Waals surface area (Å²) in [6.07, 6.45) is 10.8. The Morgan fingerprint density at radius 1 is 0.618 bits per heavy atom. The van der Waals surface area contributed by atoms with Gasteiger partial charge in [-0.1, -0.05) is 81.6 Å². The number of unbranched alkanes of at least 4 members (excludes halogenated alkanes) is 1. The highest BCUT2D eigenvalue weighted by Crippen LogP contribution is 2.30. The number of nitrogens with zero attached hydrogens (tertiary/aromatic N) is 6. The number of amides is 4. The molecule has 4 atom stereocenters. The first-order valence-electron chi connectivity index (χ1n) is 25.2. The molecule has 0 aliphatic carbocycles. The largest absolute Gasteiger partial charge is 0.480 e. The van der Waals surface area contributed by atoms with Crippen molar-refractivity contribution in [3.05, 3.63) is 107 Å². The Bertz CT molecular complexity index is 2420. The van der Waals surface area contributed by atoms with Gasteiger partial charge in [0.25, 0.3) is 23.6 Å². The zero-order valence-corrected chi connectivity index (χ0v) is 39.8. The Balaban J connectivity index is 1.17. The third kappa shape index (κ3) is 11.8. The highest BCUT2D eigenvalue weighted by molar-refractivity contribution is 6.01. The van der Waals surface area contributed by atoms with Crippen molar-refractivity contribution in [1.29, 1.82) is 0 Å². The standard InChI is InChI=1S/C54H68N8O6/c1-3-5-17-38(4-2)49(54(67)68)58-51(64)46-31-42(33-48(57-46)53(66)62-28-15-22-44(62)36-60-25-11-12-26-60)41-30-45(50(63)55-34-37-16-13-20-40(29-37)39-18-7-6-8-19-39)56-47(32-41)52(65)61-27-14-21-43(61)35-59-23-9-10-24-59/h6-8,13,16,18-20,29-33,38,43-44,49H,3-5,9-12,14-15,17,21-28,34-36H2,1-2H3,(H,55,63)(H,58,64)(H,67,68)/t38?,43-,44-,49-/m0/s1. The van der Waals surface area contributed by atoms with Crippen LogP contribution >= 0.6 is 0 Å². The molecule has 14 heteroatoms. The van der Waals surface area contributed by atoms with Crippen molar-refractivity contribution in [1.82, 2.24) is 40.2 Å². The maximum Gasteiger partial charge on any atom is 0.326 e. The molecule has 2 aromatic carbocycles. The zero-order chi connectivity index (χ0) is 47.6. The van der Waals surface area contributed by atoms with Crippen LogP contribution in [0.1, 0.15) is 138 Å². The van der Waals surface area contributed by atoms with Crippen LogP contribution in [-0.2, 0) is 11.3 Å². The number of hydrogen-bond acceptors (Lipinski definition) is 9. The molecule has 4 aliphatic rings. The van der Waals surface area contributed by atoms with Gasteiger partial charge in [0.15, 0.2) is 0 Å². The molecule has 0 saturated carbocycles. The molecule has 0 spiro atoms. The van der Waals surface area contributed by atoms with Crippen molar-refractivity contribution >= 4 is 29.6 Å². The molecule has 4 aromatic rings. The van der Waals surface area contributed by atoms with Gasteiger partial charge >= 0.3 is 5.97 Å². The van der Waals surface area contributed by atoms with E-state index in [0.29, 0.717) is 37.1 Å². The molecule has 68 heavy (non-hydrogen) atoms. The molecule has 3 N–H and O–H groups in total. The zero-order valence-electron chi connectivity index (χ0n) is 39.8. The Morgan fingerprint density at radius 3 is 1.68 bits per heavy atom. The smallest absolute Gasteiger partial charge is 0.326 e. The second kappa shape index (κ2) is 22.9. The van der Waals surface area contributed by atoms with Gasteiger partial charge in [0.1, 0.15) is 28.8 Å². The van der Waals surface area contributed by atoms with E-state index in [1.165, 1.54) is 6.07 Å². The highest BCUT2D eigenvalue weighted by atomic mass is 16.4. The second-order valence-corrected chi connectivity index (χ2v) is 19.2. The fraction of sp³-hybridized carbons (Fsp3) is 0.500. The molecule has 6 heterocycles. The van der Waals surface area contributed by atoms with Crippen molar-refractivity contribution in [2.45, 2.75) is 116 Å². The van der Waals surface area contributed by atoms with Gasteiger partial charge in [0, 0.05) is 44.8 Å². The lowest BCUT2D eigenvalue weighted by Crippen LogP contribution is -2.46. The molecule has 4 amide bonds. The van der Waals surface area contributed by atoms with Crippen LogP contribution in [-0.4, -0.2) is 135 Å². The molecule has 4 fully saturated rings. The summed E-state index contributed by atoms with van der Waals surface area (Å²) < 4.78 is 0. The molecule has 8 rings (SSSR count). The number of aromatic nitrogens is 2. The minimum atomic E-state index is -1.17. The maximum absolute atomic E-state index is 14.7. The molecule has 1 unspecified atom stereocenters. The number of carbonyl (C=O) groups excluding carboxylic acids is 4. The lowest BCUT2D eigenvalue weighted by Gasteiger charge is -2.29. The average Bonchev–Trinajstić information content (AvgIpc) is 4.24. The van der Waals surface area contributed by atoms with Crippen molar-refractivity contribution in [3.63, 3.8) is 0 Å². The van der Waals surface area contributed by atoms with E-state index in [-0.39, 0.29) is 59.1 Å². The van der Waals surface area contributed by atoms with E-state index in [9.17, 15) is 29.1 Å². The van der Waals surface area contributed by atoms with Crippen LogP contribution in [0.4, 0.5) is 0 Å². The van der Waals surface area contributed by atoms with Crippen molar-refractivity contribution < 1.29 is 29.1 Å². The third-order valence-electron chi connectivity index (χ3n) is 14.5. The lowest BCUT2D eigenvalue weighted by atomic mass is 9.91. The first-order valence-corrected chi connectivity index (χ1v) is 25.2. The molecular weight excluding hydrogens is 857 g/mol. The number of hydrogen-bond donors (Lipinski definition) is 3. The van der Waals surface area contributed by atoms with E-state index in [1.807, 2.05) is 78.2 Å². The summed E-state index contributed by atoms with van der Waals surface area (Å²) in [7, 11) is 0. The summed E-state index contributed by atoms with van der Waals surface area (Å²) >= 11 is 0. The molecule has 4 saturated heterocycles. The first kappa shape index (κ1) is 48.5. The van der Waals surface area contributed by atoms with Crippen LogP contribution in [0.2, 0.25) is 0 Å². The molecule has 0 radical (unpaired) electrons. The van der Waals surface area contributed by atoms with Gasteiger partial charge in [-0.2, -0.15) is 0 Å². The summed E-state index contributed by atoms with van der Waals surface area (Å²) in [5, 5.41) is 16.2. The molecule has 360 valence electrons. The summed E-state index contributed by atoms with van der Waals surface area (Å²) in [6, 6.07) is 23.1. The molecule has 14 nitrogen and oxygen atoms in total. The van der Waals surface area contributed by atoms with Gasteiger partial charge in [0.2, 0.25) is 0 Å². The number of pyridine rings is 2. The quantitative estimate of drug-likeness (QED) is 0.0855. The fourth-order valence-electron chi connectivity index (χ4n) is 10.7. The second-order valence-electron chi connectivity index (χ2n) is 19.2. The van der Waals surface area contributed by atoms with E-state index in [0.717, 1.165) is 120 Å². The van der Waals surface area contributed by atoms with Gasteiger partial charge in [-0.15, -0.1) is 0 Å². The minimum Gasteiger partial charge on any atom is -0.480 e. The lowest BCUT2D eigenvalue weighted by molar-refractivity contribution is -0.140. The number of likely N-dealkylation sites (tertiary alicyclic amines) is 4. The monoisotopic (exact) mass is 925 g/mol. The summed E-state index contributed by atoms with van der Waals surface area (Å²) in [5.41, 5.74) is 3.73. The number of carbonyl (C=O) groups is 5. The van der Waals surface area contributed by atoms with E-state index in [1.54, 1.807) is 18.2 Å². The summed E-state index contributed by atoms with van der Waals surface area (Å²) in [4.78, 5) is 88.7. The van der Waals surface area contributed by atoms with E-state index >= 15 is 0 Å². The minimum absolute atomic E-state index is 0.00101. The number of carboxylic acid groups (broad SMARTS) is 1. The highest BCUT2D eigenvalue weighted by Gasteiger charge is 2.36. The molecular formula is C54H68N8O6. The van der Waals surface area contributed by atoms with Gasteiger partial charge in [-0.3, -0.25) is 19.2 Å². The van der Waals surface area contributed by atoms with Crippen LogP contribution in [0.25, 0.3) is 22.3 Å². The van der Waals surface area contributed by atoms with Gasteiger partial charge < -0.3 is 35.3 Å². The van der Waals surface area contributed by atoms with Crippen LogP contribution in [0.5, 0.6) is 0 Å². The van der Waals surface area contributed by atoms with Crippen LogP contribution in [0.3, 0.4) is 0 Å². The van der Waals surface area contributed by atoms with Crippen LogP contribution in [0.15, 0.2) is 78.9 Å². The number of rotatable bonds is 19. The van der Waals surface area contributed by atoms with Crippen molar-refractivity contribution in [3.8, 4) is 22.3 Å². The number of benzene rings is 2. The Morgan fingerprint density at radius 2 is 1.15 bits per heavy atom. The first-order chi connectivity index (χ1) is 33.1. The van der Waals surface area contributed by atoms with Gasteiger partial charge in [-0.25, -0.2) is 14.8 Å². The normalized spacial score (nSPS) is 19.6. The Kier molecular flexibility index (Phi) is 16.3. The van der Waals surface area contributed by atoms with Crippen molar-refractivity contribution in [2.24, 2.45) is 5.92 Å². The van der Waals surface area contributed by atoms with Crippen LogP contribution in [0, 0.1) is 5.92 Å². The van der Waals surface area contributed by atoms with E-state index in [4.69, 9.17) is 4.98 Å². The number of aliphatic carboxylic acids is 1. The van der Waals surface area contributed by atoms with Crippen LogP contribution < -0.4 is 10.6 Å². The average molecular weight is 925 g/mol. The topological polar surface area (TPSA) is 168 Å². The number of carboxylic acids is 1. The molecule has 4 aliphatic heterocycles. The van der Waals surface area contributed by atoms with Gasteiger partial charge in [-0.05, 0) is 148 Å². The van der Waals surface area contributed by atoms with E-state index in [2.05, 4.69) is 25.4 Å². The Labute approximate surface area is 400 Å². The third-order valence-corrected chi connectivity index (χ3v) is 14.5.